The molecule has 4 N–H and O–H groups in total. The summed E-state index contributed by atoms with van der Waals surface area (Å²) in [5.41, 5.74) is 7.07. The molecule has 1 fully saturated rings. The molecule has 0 amide bonds. The summed E-state index contributed by atoms with van der Waals surface area (Å²) in [6.45, 7) is 4.78. The monoisotopic (exact) mass is 747 g/mol. The summed E-state index contributed by atoms with van der Waals surface area (Å²) in [5, 5.41) is 31.6. The third-order valence-corrected chi connectivity index (χ3v) is 12.4. The molecule has 4 aliphatic rings. The Morgan fingerprint density at radius 1 is 1.02 bits per heavy atom. The minimum atomic E-state index is -0.513. The third kappa shape index (κ3) is 7.96. The first kappa shape index (κ1) is 37.8. The van der Waals surface area contributed by atoms with Crippen LogP contribution in [0.5, 0.6) is 11.5 Å². The van der Waals surface area contributed by atoms with Gasteiger partial charge in [0.1, 0.15) is 12.4 Å². The van der Waals surface area contributed by atoms with Gasteiger partial charge in [0.25, 0.3) is 0 Å². The van der Waals surface area contributed by atoms with Crippen LogP contribution in [0.15, 0.2) is 84.7 Å². The van der Waals surface area contributed by atoms with Crippen LogP contribution in [0.25, 0.3) is 16.6 Å². The maximum absolute atomic E-state index is 11.3. The predicted octanol–water partition coefficient (Wildman–Crippen LogP) is 7.71. The number of fused-ring (bicyclic) bond motifs is 7. The molecular weight excluding hydrogens is 691 g/mol. The van der Waals surface area contributed by atoms with E-state index in [1.807, 2.05) is 12.1 Å². The molecule has 1 saturated heterocycles. The van der Waals surface area contributed by atoms with E-state index in [9.17, 15) is 10.2 Å². The summed E-state index contributed by atoms with van der Waals surface area (Å²) in [4.78, 5) is 0. The van der Waals surface area contributed by atoms with Gasteiger partial charge in [-0.05, 0) is 103 Å². The molecule has 5 atom stereocenters. The first-order valence-electron chi connectivity index (χ1n) is 20.4. The Balaban J connectivity index is 1.27. The van der Waals surface area contributed by atoms with Gasteiger partial charge in [-0.2, -0.15) is 0 Å². The minimum Gasteiger partial charge on any atom is -0.504 e. The molecule has 4 heterocycles. The maximum Gasteiger partial charge on any atom is 0.161 e. The smallest absolute Gasteiger partial charge is 0.161 e. The lowest BCUT2D eigenvalue weighted by atomic mass is 9.57. The molecule has 8 rings (SSSR count). The zero-order valence-corrected chi connectivity index (χ0v) is 32.4. The van der Waals surface area contributed by atoms with E-state index < -0.39 is 6.10 Å². The van der Waals surface area contributed by atoms with Crippen molar-refractivity contribution in [3.05, 3.63) is 113 Å². The fourth-order valence-electron chi connectivity index (χ4n) is 9.43. The second-order valence-electron chi connectivity index (χ2n) is 15.9. The molecule has 0 radical (unpaired) electrons. The molecule has 55 heavy (non-hydrogen) atoms. The van der Waals surface area contributed by atoms with E-state index in [-0.39, 0.29) is 30.0 Å². The van der Waals surface area contributed by atoms with Crippen LogP contribution >= 0.6 is 0 Å². The molecule has 3 aromatic carbocycles. The molecule has 1 aliphatic carbocycles. The predicted molar refractivity (Wildman–Crippen MR) is 216 cm³/mol. The summed E-state index contributed by atoms with van der Waals surface area (Å²) >= 11 is 0. The summed E-state index contributed by atoms with van der Waals surface area (Å²) in [5.74, 6) is 1.86. The zero-order valence-electron chi connectivity index (χ0n) is 32.4. The molecule has 0 spiro atoms. The molecule has 3 aliphatic heterocycles. The average Bonchev–Trinajstić information content (AvgIpc) is 3.65. The number of ether oxygens (including phenoxy) is 4. The molecule has 0 saturated carbocycles. The largest absolute Gasteiger partial charge is 0.504 e. The molecule has 4 bridgehead atoms. The number of aryl methyl sites for hydroxylation is 2. The van der Waals surface area contributed by atoms with E-state index in [1.54, 1.807) is 13.2 Å². The van der Waals surface area contributed by atoms with Crippen LogP contribution in [0, 0.1) is 5.92 Å². The highest BCUT2D eigenvalue weighted by molar-refractivity contribution is 5.88. The SMILES string of the molecule is CCCCC[C@H]1C[C@H](O)CCc2ccc(O)c(c2)OCc2cc([C@@]34CCOC[C@H]3CCc3ccccc34)cc3cn(cc23)C2=C(C=CC(NCOC)N2)CO1. The van der Waals surface area contributed by atoms with E-state index >= 15 is 0 Å². The number of nitrogens with zero attached hydrogens (tertiary/aromatic N) is 1. The number of unbranched alkanes of at least 4 members (excludes halogenated alkanes) is 2. The normalized spacial score (nSPS) is 25.7. The molecule has 9 heteroatoms. The second kappa shape index (κ2) is 16.9. The van der Waals surface area contributed by atoms with Gasteiger partial charge in [0, 0.05) is 47.9 Å². The van der Waals surface area contributed by atoms with Crippen molar-refractivity contribution in [3.63, 3.8) is 0 Å². The molecule has 4 aromatic rings. The number of rotatable bonds is 8. The Hall–Kier alpha value is -4.12. The first-order chi connectivity index (χ1) is 26.9. The first-order valence-corrected chi connectivity index (χ1v) is 20.4. The molecule has 292 valence electrons. The van der Waals surface area contributed by atoms with Gasteiger partial charge in [0.05, 0.1) is 38.3 Å². The van der Waals surface area contributed by atoms with Gasteiger partial charge in [-0.3, -0.25) is 5.32 Å². The van der Waals surface area contributed by atoms with Gasteiger partial charge < -0.3 is 39.0 Å². The van der Waals surface area contributed by atoms with E-state index in [2.05, 4.69) is 83.1 Å². The van der Waals surface area contributed by atoms with Crippen molar-refractivity contribution in [2.24, 2.45) is 5.92 Å². The minimum absolute atomic E-state index is 0.0754. The quantitative estimate of drug-likeness (QED) is 0.107. The van der Waals surface area contributed by atoms with Gasteiger partial charge in [-0.25, -0.2) is 0 Å². The number of aliphatic hydroxyl groups is 1. The van der Waals surface area contributed by atoms with Gasteiger partial charge in [0.2, 0.25) is 0 Å². The van der Waals surface area contributed by atoms with Crippen LogP contribution in [0.1, 0.15) is 86.1 Å². The Morgan fingerprint density at radius 2 is 1.93 bits per heavy atom. The Bertz CT molecular complexity index is 2020. The fraction of sp³-hybridized carbons (Fsp3) is 0.478. The standard InChI is InChI=1S/C46H57N3O6/c1-3-4-5-9-39-24-38(50)16-11-31-12-17-42(51)43(21-31)55-28-35-23-37(46-19-20-53-29-36(46)15-13-32-8-6-7-10-41(32)46)22-34-25-49(26-40(34)35)45-33(27-54-39)14-18-44(48-45)47-30-52-2/h6-8,10,12,14,17-18,21-23,25-26,36,38-39,44,47-48,50-51H,3-5,9,11,13,15-16,19-20,24,27-30H2,1-2H3/t36-,38-,39+,44?,46-/m1/s1. The number of aliphatic hydroxyl groups excluding tert-OH is 1. The lowest BCUT2D eigenvalue weighted by Crippen LogP contribution is -2.47. The maximum atomic E-state index is 11.3. The van der Waals surface area contributed by atoms with Crippen LogP contribution in [0.3, 0.4) is 0 Å². The number of phenolic OH excluding ortho intramolecular Hbond substituents is 1. The Kier molecular flexibility index (Phi) is 11.6. The number of methoxy groups -OCH3 is 1. The number of aromatic nitrogens is 1. The number of dihydropyridines is 1. The molecular formula is C46H57N3O6. The molecule has 1 unspecified atom stereocenters. The third-order valence-electron chi connectivity index (χ3n) is 12.4. The van der Waals surface area contributed by atoms with Crippen molar-refractivity contribution in [2.45, 2.75) is 102 Å². The highest BCUT2D eigenvalue weighted by Crippen LogP contribution is 2.51. The topological polar surface area (TPSA) is 106 Å². The van der Waals surface area contributed by atoms with Crippen molar-refractivity contribution < 1.29 is 29.2 Å². The van der Waals surface area contributed by atoms with Crippen LogP contribution in [0.4, 0.5) is 0 Å². The number of hydrogen-bond acceptors (Lipinski definition) is 8. The summed E-state index contributed by atoms with van der Waals surface area (Å²) in [7, 11) is 1.69. The second-order valence-corrected chi connectivity index (χ2v) is 15.9. The Morgan fingerprint density at radius 3 is 2.82 bits per heavy atom. The van der Waals surface area contributed by atoms with Crippen LogP contribution in [-0.2, 0) is 39.1 Å². The number of aromatic hydroxyl groups is 1. The van der Waals surface area contributed by atoms with E-state index in [4.69, 9.17) is 18.9 Å². The van der Waals surface area contributed by atoms with Crippen molar-refractivity contribution in [1.29, 1.82) is 0 Å². The summed E-state index contributed by atoms with van der Waals surface area (Å²) < 4.78 is 27.0. The van der Waals surface area contributed by atoms with Crippen molar-refractivity contribution in [1.82, 2.24) is 15.2 Å². The van der Waals surface area contributed by atoms with Crippen LogP contribution in [-0.4, -0.2) is 66.8 Å². The number of benzene rings is 3. The highest BCUT2D eigenvalue weighted by atomic mass is 16.5. The highest BCUT2D eigenvalue weighted by Gasteiger charge is 2.47. The number of phenols is 1. The molecule has 9 nitrogen and oxygen atoms in total. The zero-order chi connectivity index (χ0) is 37.8. The average molecular weight is 748 g/mol. The van der Waals surface area contributed by atoms with Gasteiger partial charge >= 0.3 is 0 Å². The van der Waals surface area contributed by atoms with Gasteiger partial charge in [0.15, 0.2) is 11.5 Å². The van der Waals surface area contributed by atoms with E-state index in [0.717, 1.165) is 84.8 Å². The van der Waals surface area contributed by atoms with Gasteiger partial charge in [-0.1, -0.05) is 68.7 Å². The lowest BCUT2D eigenvalue weighted by Gasteiger charge is -2.49. The van der Waals surface area contributed by atoms with Crippen LogP contribution < -0.4 is 15.4 Å². The Labute approximate surface area is 325 Å². The summed E-state index contributed by atoms with van der Waals surface area (Å²) in [6.07, 6.45) is 17.1. The summed E-state index contributed by atoms with van der Waals surface area (Å²) in [6, 6.07) is 19.3. The molecule has 1 aromatic heterocycles. The number of hydrogen-bond donors (Lipinski definition) is 4. The van der Waals surface area contributed by atoms with E-state index in [1.165, 1.54) is 16.7 Å². The van der Waals surface area contributed by atoms with E-state index in [0.29, 0.717) is 50.9 Å². The fourth-order valence-corrected chi connectivity index (χ4v) is 9.43. The number of nitrogens with one attached hydrogen (secondary N) is 2. The van der Waals surface area contributed by atoms with Crippen LogP contribution in [0.2, 0.25) is 0 Å². The lowest BCUT2D eigenvalue weighted by molar-refractivity contribution is 0.00498. The van der Waals surface area contributed by atoms with Crippen molar-refractivity contribution in [2.75, 3.05) is 33.7 Å². The van der Waals surface area contributed by atoms with Gasteiger partial charge in [-0.15, -0.1) is 0 Å². The van der Waals surface area contributed by atoms with Crippen molar-refractivity contribution in [3.8, 4) is 11.5 Å². The van der Waals surface area contributed by atoms with Crippen molar-refractivity contribution >= 4 is 16.6 Å².